The van der Waals surface area contributed by atoms with Gasteiger partial charge in [-0.15, -0.1) is 0 Å². The molecule has 2 atom stereocenters. The van der Waals surface area contributed by atoms with Crippen molar-refractivity contribution in [2.45, 2.75) is 116 Å². The Morgan fingerprint density at radius 2 is 1.05 bits per heavy atom. The molecule has 0 aromatic rings. The van der Waals surface area contributed by atoms with Crippen molar-refractivity contribution >= 4 is 25.2 Å². The second kappa shape index (κ2) is 19.7. The number of rotatable bonds is 26. The maximum Gasteiger partial charge on any atom is 0.311 e. The smallest absolute Gasteiger partial charge is 0.311 e. The van der Waals surface area contributed by atoms with Gasteiger partial charge in [0.2, 0.25) is 0 Å². The molecule has 0 saturated heterocycles. The summed E-state index contributed by atoms with van der Waals surface area (Å²) in [6.45, 7) is 23.5. The first-order chi connectivity index (χ1) is 18.7. The molecule has 11 heteroatoms. The van der Waals surface area contributed by atoms with Crippen LogP contribution in [-0.2, 0) is 17.7 Å². The zero-order valence-corrected chi connectivity index (χ0v) is 32.4. The highest BCUT2D eigenvalue weighted by Crippen LogP contribution is 2.23. The van der Waals surface area contributed by atoms with Gasteiger partial charge >= 0.3 is 8.56 Å². The zero-order chi connectivity index (χ0) is 31.8. The van der Waals surface area contributed by atoms with Crippen LogP contribution < -0.4 is 0 Å². The number of hydrogen-bond acceptors (Lipinski definition) is 6. The van der Waals surface area contributed by atoms with Gasteiger partial charge in [0.15, 0.2) is 16.6 Å². The Bertz CT molecular complexity index is 675. The molecule has 0 rings (SSSR count). The molecular formula is C30H72N2O6Si3+2. The Hall–Kier alpha value is 0.331. The van der Waals surface area contributed by atoms with Gasteiger partial charge in [0.1, 0.15) is 25.3 Å². The average Bonchev–Trinajstić information content (AvgIpc) is 2.75. The quantitative estimate of drug-likeness (QED) is 0.0747. The van der Waals surface area contributed by atoms with E-state index in [4.69, 9.17) is 17.7 Å². The molecule has 0 aliphatic carbocycles. The summed E-state index contributed by atoms with van der Waals surface area (Å²) in [4.78, 5) is 0. The first kappa shape index (κ1) is 41.3. The molecular weight excluding hydrogens is 569 g/mol. The Morgan fingerprint density at radius 1 is 0.610 bits per heavy atom. The minimum absolute atomic E-state index is 0.395. The molecule has 0 saturated carbocycles. The SMILES string of the molecule is CCCCOCC(O)C[N+](C)(C)CCCCCC[N+](C)(C)CC(O)COCCC[Si](C)(C)O[Si](C)(C)O[Si](C)(C)C. The van der Waals surface area contributed by atoms with Crippen LogP contribution in [0.25, 0.3) is 0 Å². The van der Waals surface area contributed by atoms with Crippen molar-refractivity contribution in [3.63, 3.8) is 0 Å². The number of quaternary nitrogens is 2. The van der Waals surface area contributed by atoms with Crippen LogP contribution in [0.4, 0.5) is 0 Å². The average molecular weight is 641 g/mol. The van der Waals surface area contributed by atoms with Crippen LogP contribution >= 0.6 is 0 Å². The number of unbranched alkanes of at least 4 members (excludes halogenated alkanes) is 4. The molecule has 0 aromatic heterocycles. The van der Waals surface area contributed by atoms with E-state index in [-0.39, 0.29) is 0 Å². The lowest BCUT2D eigenvalue weighted by Gasteiger charge is -2.37. The summed E-state index contributed by atoms with van der Waals surface area (Å²) in [6.07, 6.45) is 7.01. The molecule has 0 spiro atoms. The number of ether oxygens (including phenoxy) is 2. The molecule has 0 radical (unpaired) electrons. The van der Waals surface area contributed by atoms with Crippen LogP contribution in [-0.4, -0.2) is 137 Å². The predicted octanol–water partition coefficient (Wildman–Crippen LogP) is 5.42. The van der Waals surface area contributed by atoms with Crippen LogP contribution in [0.2, 0.25) is 51.9 Å². The third kappa shape index (κ3) is 25.4. The van der Waals surface area contributed by atoms with E-state index in [1.165, 1.54) is 12.8 Å². The van der Waals surface area contributed by atoms with Crippen molar-refractivity contribution in [2.75, 3.05) is 80.8 Å². The number of aliphatic hydroxyl groups excluding tert-OH is 2. The van der Waals surface area contributed by atoms with Crippen LogP contribution in [0.1, 0.15) is 51.9 Å². The monoisotopic (exact) mass is 640 g/mol. The number of hydrogen-bond donors (Lipinski definition) is 2. The predicted molar refractivity (Wildman–Crippen MR) is 181 cm³/mol. The molecule has 41 heavy (non-hydrogen) atoms. The summed E-state index contributed by atoms with van der Waals surface area (Å²) in [7, 11) is 3.28. The second-order valence-electron chi connectivity index (χ2n) is 15.5. The van der Waals surface area contributed by atoms with Gasteiger partial charge < -0.3 is 36.9 Å². The first-order valence-electron chi connectivity index (χ1n) is 16.2. The van der Waals surface area contributed by atoms with Crippen molar-refractivity contribution in [2.24, 2.45) is 0 Å². The van der Waals surface area contributed by atoms with Crippen molar-refractivity contribution in [1.29, 1.82) is 0 Å². The highest BCUT2D eigenvalue weighted by molar-refractivity contribution is 6.87. The summed E-state index contributed by atoms with van der Waals surface area (Å²) in [6, 6.07) is 1.04. The van der Waals surface area contributed by atoms with Gasteiger partial charge in [0.25, 0.3) is 0 Å². The van der Waals surface area contributed by atoms with Crippen LogP contribution in [0.5, 0.6) is 0 Å². The third-order valence-corrected chi connectivity index (χ3v) is 17.2. The van der Waals surface area contributed by atoms with Gasteiger partial charge in [0, 0.05) is 13.2 Å². The number of aliphatic hydroxyl groups is 2. The van der Waals surface area contributed by atoms with Gasteiger partial charge in [-0.2, -0.15) is 0 Å². The lowest BCUT2D eigenvalue weighted by atomic mass is 10.1. The fourth-order valence-corrected chi connectivity index (χ4v) is 18.8. The Labute approximate surface area is 258 Å². The highest BCUT2D eigenvalue weighted by Gasteiger charge is 2.37. The van der Waals surface area contributed by atoms with Crippen molar-refractivity contribution in [1.82, 2.24) is 0 Å². The first-order valence-corrected chi connectivity index (χ1v) is 25.6. The zero-order valence-electron chi connectivity index (χ0n) is 29.4. The molecule has 0 bridgehead atoms. The van der Waals surface area contributed by atoms with Crippen molar-refractivity contribution < 1.29 is 36.9 Å². The maximum absolute atomic E-state index is 10.6. The summed E-state index contributed by atoms with van der Waals surface area (Å²) in [5.74, 6) is 0. The molecule has 0 aliphatic rings. The number of nitrogens with zero attached hydrogens (tertiary/aromatic N) is 2. The lowest BCUT2D eigenvalue weighted by Crippen LogP contribution is -2.51. The molecule has 0 aromatic carbocycles. The largest absolute Gasteiger partial charge is 0.437 e. The summed E-state index contributed by atoms with van der Waals surface area (Å²) >= 11 is 0. The van der Waals surface area contributed by atoms with Gasteiger partial charge in [0.05, 0.1) is 54.5 Å². The minimum Gasteiger partial charge on any atom is -0.437 e. The molecule has 0 heterocycles. The summed E-state index contributed by atoms with van der Waals surface area (Å²) < 4.78 is 26.0. The molecule has 0 aliphatic heterocycles. The fourth-order valence-electron chi connectivity index (χ4n) is 5.62. The van der Waals surface area contributed by atoms with E-state index in [0.29, 0.717) is 26.4 Å². The number of likely N-dealkylation sites (N-methyl/N-ethyl adjacent to an activating group) is 2. The van der Waals surface area contributed by atoms with E-state index in [2.05, 4.69) is 80.9 Å². The van der Waals surface area contributed by atoms with E-state index in [9.17, 15) is 10.2 Å². The topological polar surface area (TPSA) is 77.4 Å². The van der Waals surface area contributed by atoms with E-state index in [1.807, 2.05) is 0 Å². The van der Waals surface area contributed by atoms with E-state index < -0.39 is 37.4 Å². The lowest BCUT2D eigenvalue weighted by molar-refractivity contribution is -0.894. The van der Waals surface area contributed by atoms with E-state index >= 15 is 0 Å². The van der Waals surface area contributed by atoms with Crippen molar-refractivity contribution in [3.8, 4) is 0 Å². The molecule has 2 unspecified atom stereocenters. The van der Waals surface area contributed by atoms with Crippen LogP contribution in [0, 0.1) is 0 Å². The Kier molecular flexibility index (Phi) is 19.8. The fraction of sp³-hybridized carbons (Fsp3) is 1.00. The molecule has 2 N–H and O–H groups in total. The molecule has 0 amide bonds. The van der Waals surface area contributed by atoms with E-state index in [0.717, 1.165) is 73.4 Å². The van der Waals surface area contributed by atoms with Gasteiger partial charge in [-0.3, -0.25) is 0 Å². The highest BCUT2D eigenvalue weighted by atomic mass is 28.5. The Balaban J connectivity index is 4.08. The van der Waals surface area contributed by atoms with Crippen molar-refractivity contribution in [3.05, 3.63) is 0 Å². The normalized spacial score (nSPS) is 15.4. The summed E-state index contributed by atoms with van der Waals surface area (Å²) in [5.41, 5.74) is 0. The van der Waals surface area contributed by atoms with Crippen LogP contribution in [0.15, 0.2) is 0 Å². The maximum atomic E-state index is 10.6. The van der Waals surface area contributed by atoms with Gasteiger partial charge in [-0.1, -0.05) is 13.3 Å². The summed E-state index contributed by atoms with van der Waals surface area (Å²) in [5, 5.41) is 20.9. The molecule has 0 fully saturated rings. The standard InChI is InChI=1S/C30H72N2O6Si3/c1-13-14-22-35-27-29(33)25-31(2,3)20-17-15-16-18-21-32(4,5)26-30(34)28-36-23-19-24-40(9,10)38-41(11,12)37-39(6,7)8/h29-30,33-34H,13-28H2,1-12H3/q+2. The second-order valence-corrected chi connectivity index (χ2v) is 28.2. The minimum atomic E-state index is -2.10. The van der Waals surface area contributed by atoms with Gasteiger partial charge in [-0.25, -0.2) is 0 Å². The van der Waals surface area contributed by atoms with Crippen LogP contribution in [0.3, 0.4) is 0 Å². The Morgan fingerprint density at radius 3 is 1.46 bits per heavy atom. The van der Waals surface area contributed by atoms with E-state index in [1.54, 1.807) is 0 Å². The molecule has 248 valence electrons. The molecule has 8 nitrogen and oxygen atoms in total. The third-order valence-electron chi connectivity index (χ3n) is 7.09. The van der Waals surface area contributed by atoms with Gasteiger partial charge in [-0.05, 0) is 90.4 Å².